The first kappa shape index (κ1) is 14.5. The molecule has 0 radical (unpaired) electrons. The summed E-state index contributed by atoms with van der Waals surface area (Å²) in [6.45, 7) is 3.19. The Kier molecular flexibility index (Phi) is 4.93. The molecule has 0 aromatic carbocycles. The summed E-state index contributed by atoms with van der Waals surface area (Å²) < 4.78 is 5.48. The summed E-state index contributed by atoms with van der Waals surface area (Å²) in [7, 11) is 0. The molecular weight excluding hydrogens is 268 g/mol. The van der Waals surface area contributed by atoms with Crippen molar-refractivity contribution in [3.05, 3.63) is 0 Å². The van der Waals surface area contributed by atoms with Gasteiger partial charge in [0.1, 0.15) is 6.04 Å². The van der Waals surface area contributed by atoms with Gasteiger partial charge in [0.25, 0.3) is 0 Å². The number of carbonyl (C=O) groups is 2. The Labute approximate surface area is 116 Å². The fourth-order valence-corrected chi connectivity index (χ4v) is 3.61. The van der Waals surface area contributed by atoms with E-state index in [-0.39, 0.29) is 17.5 Å². The van der Waals surface area contributed by atoms with Gasteiger partial charge in [-0.25, -0.2) is 9.59 Å². The van der Waals surface area contributed by atoms with E-state index in [0.29, 0.717) is 12.3 Å². The zero-order valence-corrected chi connectivity index (χ0v) is 11.8. The number of hydrogen-bond donors (Lipinski definition) is 2. The van der Waals surface area contributed by atoms with E-state index in [9.17, 15) is 9.59 Å². The van der Waals surface area contributed by atoms with Crippen molar-refractivity contribution in [3.8, 4) is 0 Å². The molecule has 0 bridgehead atoms. The molecule has 2 rings (SSSR count). The molecule has 0 aromatic heterocycles. The van der Waals surface area contributed by atoms with Crippen LogP contribution in [-0.4, -0.2) is 58.4 Å². The Morgan fingerprint density at radius 2 is 2.32 bits per heavy atom. The van der Waals surface area contributed by atoms with Gasteiger partial charge in [-0.3, -0.25) is 4.90 Å². The van der Waals surface area contributed by atoms with Crippen LogP contribution in [0.3, 0.4) is 0 Å². The third-order valence-electron chi connectivity index (χ3n) is 3.51. The van der Waals surface area contributed by atoms with Crippen molar-refractivity contribution in [1.82, 2.24) is 10.2 Å². The normalized spacial score (nSPS) is 30.6. The lowest BCUT2D eigenvalue weighted by Crippen LogP contribution is -2.49. The number of thioether (sulfide) groups is 1. The number of rotatable bonds is 4. The van der Waals surface area contributed by atoms with E-state index < -0.39 is 12.0 Å². The van der Waals surface area contributed by atoms with Gasteiger partial charge in [-0.05, 0) is 26.2 Å². The number of carboxylic acids is 1. The van der Waals surface area contributed by atoms with Crippen molar-refractivity contribution < 1.29 is 19.4 Å². The largest absolute Gasteiger partial charge is 0.480 e. The minimum Gasteiger partial charge on any atom is -0.480 e. The van der Waals surface area contributed by atoms with Gasteiger partial charge in [0.2, 0.25) is 0 Å². The number of carbonyl (C=O) groups excluding carboxylic acids is 1. The van der Waals surface area contributed by atoms with Crippen molar-refractivity contribution in [2.24, 2.45) is 0 Å². The molecule has 0 aliphatic carbocycles. The van der Waals surface area contributed by atoms with E-state index in [1.54, 1.807) is 0 Å². The molecule has 108 valence electrons. The number of ether oxygens (including phenoxy) is 1. The summed E-state index contributed by atoms with van der Waals surface area (Å²) in [5.74, 6) is -0.485. The second-order valence-electron chi connectivity index (χ2n) is 4.85. The first-order valence-corrected chi connectivity index (χ1v) is 7.66. The lowest BCUT2D eigenvalue weighted by atomic mass is 10.2. The zero-order valence-electron chi connectivity index (χ0n) is 11.0. The van der Waals surface area contributed by atoms with Crippen LogP contribution < -0.4 is 5.32 Å². The predicted octanol–water partition coefficient (Wildman–Crippen LogP) is 1.11. The molecule has 6 nitrogen and oxygen atoms in total. The Morgan fingerprint density at radius 3 is 2.95 bits per heavy atom. The highest BCUT2D eigenvalue weighted by atomic mass is 32.2. The lowest BCUT2D eigenvalue weighted by molar-refractivity contribution is -0.141. The van der Waals surface area contributed by atoms with Crippen LogP contribution in [0, 0.1) is 0 Å². The van der Waals surface area contributed by atoms with Crippen LogP contribution in [-0.2, 0) is 9.53 Å². The van der Waals surface area contributed by atoms with Gasteiger partial charge < -0.3 is 15.2 Å². The molecule has 2 amide bonds. The maximum Gasteiger partial charge on any atom is 0.327 e. The maximum absolute atomic E-state index is 12.0. The second-order valence-corrected chi connectivity index (χ2v) is 6.20. The van der Waals surface area contributed by atoms with E-state index >= 15 is 0 Å². The summed E-state index contributed by atoms with van der Waals surface area (Å²) in [6.07, 6.45) is 3.16. The van der Waals surface area contributed by atoms with Crippen molar-refractivity contribution in [1.29, 1.82) is 0 Å². The molecule has 2 aliphatic rings. The summed E-state index contributed by atoms with van der Waals surface area (Å²) in [6, 6.07) is -1.01. The van der Waals surface area contributed by atoms with Crippen molar-refractivity contribution in [3.63, 3.8) is 0 Å². The lowest BCUT2D eigenvalue weighted by Gasteiger charge is -2.25. The molecule has 2 N–H and O–H groups in total. The Balaban J connectivity index is 1.79. The van der Waals surface area contributed by atoms with Gasteiger partial charge >= 0.3 is 12.0 Å². The number of carboxylic acid groups (broad SMARTS) is 1. The first-order chi connectivity index (χ1) is 9.09. The van der Waals surface area contributed by atoms with Crippen LogP contribution in [0.5, 0.6) is 0 Å². The molecule has 2 heterocycles. The van der Waals surface area contributed by atoms with Crippen molar-refractivity contribution in [2.75, 3.05) is 18.9 Å². The van der Waals surface area contributed by atoms with Gasteiger partial charge in [0.05, 0.1) is 11.5 Å². The van der Waals surface area contributed by atoms with E-state index in [4.69, 9.17) is 9.84 Å². The van der Waals surface area contributed by atoms with Crippen LogP contribution in [0.15, 0.2) is 0 Å². The highest BCUT2D eigenvalue weighted by Crippen LogP contribution is 2.28. The highest BCUT2D eigenvalue weighted by molar-refractivity contribution is 8.00. The van der Waals surface area contributed by atoms with E-state index in [2.05, 4.69) is 5.32 Å². The number of nitrogens with one attached hydrogen (secondary N) is 1. The quantitative estimate of drug-likeness (QED) is 0.810. The third-order valence-corrected chi connectivity index (χ3v) is 4.73. The van der Waals surface area contributed by atoms with E-state index in [0.717, 1.165) is 25.9 Å². The zero-order chi connectivity index (χ0) is 13.8. The molecule has 7 heteroatoms. The SMILES string of the molecule is CC1SCC(C(=O)O)N1C(=O)NCCC1CCCO1. The van der Waals surface area contributed by atoms with Crippen LogP contribution in [0.1, 0.15) is 26.2 Å². The highest BCUT2D eigenvalue weighted by Gasteiger charge is 2.39. The summed E-state index contributed by atoms with van der Waals surface area (Å²) >= 11 is 1.49. The fraction of sp³-hybridized carbons (Fsp3) is 0.833. The van der Waals surface area contributed by atoms with Gasteiger partial charge in [0, 0.05) is 18.9 Å². The average Bonchev–Trinajstić information content (AvgIpc) is 2.98. The van der Waals surface area contributed by atoms with Gasteiger partial charge in [0.15, 0.2) is 0 Å². The van der Waals surface area contributed by atoms with Crippen LogP contribution in [0.25, 0.3) is 0 Å². The molecule has 0 saturated carbocycles. The third kappa shape index (κ3) is 3.54. The average molecular weight is 288 g/mol. The molecule has 19 heavy (non-hydrogen) atoms. The molecular formula is C12H20N2O4S. The van der Waals surface area contributed by atoms with Gasteiger partial charge in [-0.1, -0.05) is 0 Å². The molecule has 0 spiro atoms. The molecule has 2 aliphatic heterocycles. The van der Waals surface area contributed by atoms with Crippen molar-refractivity contribution in [2.45, 2.75) is 43.7 Å². The Hall–Kier alpha value is -0.950. The molecule has 2 saturated heterocycles. The minimum atomic E-state index is -0.939. The monoisotopic (exact) mass is 288 g/mol. The fourth-order valence-electron chi connectivity index (χ4n) is 2.44. The molecule has 2 fully saturated rings. The van der Waals surface area contributed by atoms with Crippen molar-refractivity contribution >= 4 is 23.8 Å². The predicted molar refractivity (Wildman–Crippen MR) is 72.2 cm³/mol. The van der Waals surface area contributed by atoms with Crippen LogP contribution >= 0.6 is 11.8 Å². The van der Waals surface area contributed by atoms with Crippen LogP contribution in [0.4, 0.5) is 4.79 Å². The maximum atomic E-state index is 12.0. The van der Waals surface area contributed by atoms with E-state index in [1.165, 1.54) is 16.7 Å². The molecule has 0 aromatic rings. The van der Waals surface area contributed by atoms with Crippen LogP contribution in [0.2, 0.25) is 0 Å². The Morgan fingerprint density at radius 1 is 1.53 bits per heavy atom. The number of aliphatic carboxylic acids is 1. The summed E-state index contributed by atoms with van der Waals surface area (Å²) in [4.78, 5) is 24.6. The van der Waals surface area contributed by atoms with E-state index in [1.807, 2.05) is 6.92 Å². The van der Waals surface area contributed by atoms with Gasteiger partial charge in [-0.15, -0.1) is 11.8 Å². The number of amides is 2. The molecule has 3 atom stereocenters. The summed E-state index contributed by atoms with van der Waals surface area (Å²) in [5.41, 5.74) is 0. The Bertz CT molecular complexity index is 347. The standard InChI is InChI=1S/C12H20N2O4S/c1-8-14(10(7-19-8)11(15)16)12(17)13-5-4-9-3-2-6-18-9/h8-10H,2-7H2,1H3,(H,13,17)(H,15,16). The molecule has 3 unspecified atom stereocenters. The first-order valence-electron chi connectivity index (χ1n) is 6.61. The number of urea groups is 1. The van der Waals surface area contributed by atoms with Gasteiger partial charge in [-0.2, -0.15) is 0 Å². The smallest absolute Gasteiger partial charge is 0.327 e. The minimum absolute atomic E-state index is 0.0937. The number of nitrogens with zero attached hydrogens (tertiary/aromatic N) is 1. The summed E-state index contributed by atoms with van der Waals surface area (Å²) in [5, 5.41) is 11.8. The topological polar surface area (TPSA) is 78.9 Å². The number of hydrogen-bond acceptors (Lipinski definition) is 4. The second kappa shape index (κ2) is 6.47.